The van der Waals surface area contributed by atoms with Crippen LogP contribution < -0.4 is 0 Å². The number of dihydropyridines is 1. The number of allylic oxidation sites excluding steroid dienone is 3. The van der Waals surface area contributed by atoms with E-state index in [0.29, 0.717) is 12.0 Å². The van der Waals surface area contributed by atoms with Gasteiger partial charge in [0.2, 0.25) is 0 Å². The highest BCUT2D eigenvalue weighted by Gasteiger charge is 2.20. The molecule has 0 spiro atoms. The SMILES string of the molecule is CC1=CC=N[C@H]2C=CC=CC12. The minimum atomic E-state index is 0.366. The molecule has 0 saturated carbocycles. The molecule has 56 valence electrons. The van der Waals surface area contributed by atoms with E-state index in [4.69, 9.17) is 0 Å². The number of hydrogen-bond donors (Lipinski definition) is 0. The van der Waals surface area contributed by atoms with Gasteiger partial charge in [0.1, 0.15) is 0 Å². The Balaban J connectivity index is 2.33. The van der Waals surface area contributed by atoms with Gasteiger partial charge in [0, 0.05) is 12.1 Å². The predicted molar refractivity (Wildman–Crippen MR) is 47.8 cm³/mol. The molecule has 0 radical (unpaired) electrons. The summed E-state index contributed by atoms with van der Waals surface area (Å²) < 4.78 is 0. The van der Waals surface area contributed by atoms with Crippen LogP contribution in [-0.4, -0.2) is 12.3 Å². The molecule has 0 aromatic carbocycles. The van der Waals surface area contributed by atoms with Gasteiger partial charge in [-0.1, -0.05) is 29.9 Å². The van der Waals surface area contributed by atoms with Crippen LogP contribution in [0.25, 0.3) is 0 Å². The fraction of sp³-hybridized carbons (Fsp3) is 0.300. The lowest BCUT2D eigenvalue weighted by molar-refractivity contribution is 0.647. The molecule has 2 atom stereocenters. The Bertz CT molecular complexity index is 269. The van der Waals surface area contributed by atoms with Crippen molar-refractivity contribution in [3.05, 3.63) is 36.0 Å². The second kappa shape index (κ2) is 2.50. The van der Waals surface area contributed by atoms with Crippen molar-refractivity contribution in [1.82, 2.24) is 0 Å². The van der Waals surface area contributed by atoms with Gasteiger partial charge in [0.25, 0.3) is 0 Å². The summed E-state index contributed by atoms with van der Waals surface area (Å²) in [6, 6.07) is 0.366. The fourth-order valence-electron chi connectivity index (χ4n) is 1.53. The smallest absolute Gasteiger partial charge is 0.0782 e. The molecule has 0 saturated heterocycles. The maximum Gasteiger partial charge on any atom is 0.0782 e. The second-order valence-corrected chi connectivity index (χ2v) is 3.00. The minimum absolute atomic E-state index is 0.366. The molecule has 0 bridgehead atoms. The lowest BCUT2D eigenvalue weighted by Crippen LogP contribution is -2.20. The molecule has 0 N–H and O–H groups in total. The van der Waals surface area contributed by atoms with E-state index in [-0.39, 0.29) is 0 Å². The lowest BCUT2D eigenvalue weighted by atomic mass is 9.87. The van der Waals surface area contributed by atoms with Crippen molar-refractivity contribution < 1.29 is 0 Å². The quantitative estimate of drug-likeness (QED) is 0.495. The predicted octanol–water partition coefficient (Wildman–Crippen LogP) is 2.13. The topological polar surface area (TPSA) is 12.4 Å². The fourth-order valence-corrected chi connectivity index (χ4v) is 1.53. The normalized spacial score (nSPS) is 33.4. The minimum Gasteiger partial charge on any atom is -0.285 e. The van der Waals surface area contributed by atoms with Crippen molar-refractivity contribution in [3.63, 3.8) is 0 Å². The van der Waals surface area contributed by atoms with E-state index in [0.717, 1.165) is 0 Å². The average molecular weight is 145 g/mol. The van der Waals surface area contributed by atoms with Gasteiger partial charge in [0.05, 0.1) is 6.04 Å². The molecule has 0 fully saturated rings. The zero-order valence-electron chi connectivity index (χ0n) is 6.57. The molecule has 0 aromatic heterocycles. The van der Waals surface area contributed by atoms with Crippen LogP contribution in [0.2, 0.25) is 0 Å². The van der Waals surface area contributed by atoms with Crippen LogP contribution in [0.5, 0.6) is 0 Å². The van der Waals surface area contributed by atoms with Gasteiger partial charge in [-0.25, -0.2) is 0 Å². The first-order valence-corrected chi connectivity index (χ1v) is 3.93. The van der Waals surface area contributed by atoms with Crippen LogP contribution >= 0.6 is 0 Å². The molecule has 1 nitrogen and oxygen atoms in total. The maximum absolute atomic E-state index is 4.36. The Morgan fingerprint density at radius 2 is 2.09 bits per heavy atom. The third-order valence-electron chi connectivity index (χ3n) is 2.23. The van der Waals surface area contributed by atoms with E-state index in [2.05, 4.69) is 42.3 Å². The molecular formula is C10H11N. The first kappa shape index (κ1) is 6.59. The zero-order valence-corrected chi connectivity index (χ0v) is 6.57. The van der Waals surface area contributed by atoms with Gasteiger partial charge in [-0.2, -0.15) is 0 Å². The first-order chi connectivity index (χ1) is 5.38. The van der Waals surface area contributed by atoms with E-state index in [1.165, 1.54) is 5.57 Å². The van der Waals surface area contributed by atoms with Gasteiger partial charge in [-0.05, 0) is 13.0 Å². The van der Waals surface area contributed by atoms with Crippen LogP contribution in [0.1, 0.15) is 6.92 Å². The molecule has 11 heavy (non-hydrogen) atoms. The van der Waals surface area contributed by atoms with Crippen molar-refractivity contribution in [2.75, 3.05) is 0 Å². The van der Waals surface area contributed by atoms with Crippen molar-refractivity contribution in [2.45, 2.75) is 13.0 Å². The Kier molecular flexibility index (Phi) is 1.50. The summed E-state index contributed by atoms with van der Waals surface area (Å²) in [5.74, 6) is 0.519. The zero-order chi connectivity index (χ0) is 7.68. The summed E-state index contributed by atoms with van der Waals surface area (Å²) in [7, 11) is 0. The van der Waals surface area contributed by atoms with E-state index >= 15 is 0 Å². The highest BCUT2D eigenvalue weighted by Crippen LogP contribution is 2.25. The number of fused-ring (bicyclic) bond motifs is 1. The number of aliphatic imine (C=N–C) groups is 1. The molecule has 1 heterocycles. The molecule has 2 rings (SSSR count). The van der Waals surface area contributed by atoms with Crippen molar-refractivity contribution in [3.8, 4) is 0 Å². The van der Waals surface area contributed by atoms with E-state index in [9.17, 15) is 0 Å². The van der Waals surface area contributed by atoms with Gasteiger partial charge in [-0.3, -0.25) is 4.99 Å². The van der Waals surface area contributed by atoms with E-state index in [1.54, 1.807) is 0 Å². The molecule has 1 heteroatoms. The van der Waals surface area contributed by atoms with Crippen LogP contribution in [-0.2, 0) is 0 Å². The van der Waals surface area contributed by atoms with E-state index < -0.39 is 0 Å². The Hall–Kier alpha value is -1.11. The van der Waals surface area contributed by atoms with Crippen molar-refractivity contribution in [1.29, 1.82) is 0 Å². The maximum atomic E-state index is 4.36. The third-order valence-corrected chi connectivity index (χ3v) is 2.23. The number of rotatable bonds is 0. The molecule has 1 aliphatic carbocycles. The van der Waals surface area contributed by atoms with Crippen LogP contribution in [0.4, 0.5) is 0 Å². The molecular weight excluding hydrogens is 134 g/mol. The Morgan fingerprint density at radius 3 is 2.91 bits per heavy atom. The number of nitrogens with zero attached hydrogens (tertiary/aromatic N) is 1. The summed E-state index contributed by atoms with van der Waals surface area (Å²) in [6.07, 6.45) is 12.5. The molecule has 2 aliphatic rings. The van der Waals surface area contributed by atoms with Gasteiger partial charge < -0.3 is 0 Å². The highest BCUT2D eigenvalue weighted by molar-refractivity contribution is 5.74. The third kappa shape index (κ3) is 1.07. The first-order valence-electron chi connectivity index (χ1n) is 3.93. The van der Waals surface area contributed by atoms with Crippen LogP contribution in [0.15, 0.2) is 40.9 Å². The summed E-state index contributed by atoms with van der Waals surface area (Å²) in [6.45, 7) is 2.16. The van der Waals surface area contributed by atoms with Crippen LogP contribution in [0, 0.1) is 5.92 Å². The van der Waals surface area contributed by atoms with Gasteiger partial charge in [0.15, 0.2) is 0 Å². The molecule has 0 aromatic rings. The highest BCUT2D eigenvalue weighted by atomic mass is 14.8. The largest absolute Gasteiger partial charge is 0.285 e. The van der Waals surface area contributed by atoms with Gasteiger partial charge in [-0.15, -0.1) is 0 Å². The molecule has 1 aliphatic heterocycles. The lowest BCUT2D eigenvalue weighted by Gasteiger charge is -2.23. The van der Waals surface area contributed by atoms with Crippen LogP contribution in [0.3, 0.4) is 0 Å². The Labute approximate surface area is 66.8 Å². The van der Waals surface area contributed by atoms with Crippen molar-refractivity contribution >= 4 is 6.21 Å². The molecule has 0 amide bonds. The summed E-state index contributed by atoms with van der Waals surface area (Å²) >= 11 is 0. The summed E-state index contributed by atoms with van der Waals surface area (Å²) in [4.78, 5) is 4.36. The molecule has 1 unspecified atom stereocenters. The van der Waals surface area contributed by atoms with E-state index in [1.807, 2.05) is 6.21 Å². The summed E-state index contributed by atoms with van der Waals surface area (Å²) in [5.41, 5.74) is 1.41. The monoisotopic (exact) mass is 145 g/mol. The number of hydrogen-bond acceptors (Lipinski definition) is 1. The van der Waals surface area contributed by atoms with Gasteiger partial charge >= 0.3 is 0 Å². The standard InChI is InChI=1S/C10H11N/c1-8-6-7-11-10-5-3-2-4-9(8)10/h2-7,9-10H,1H3/t9?,10-/m0/s1. The average Bonchev–Trinajstić information content (AvgIpc) is 2.06. The van der Waals surface area contributed by atoms with Crippen molar-refractivity contribution in [2.24, 2.45) is 10.9 Å². The Morgan fingerprint density at radius 1 is 1.27 bits per heavy atom. The second-order valence-electron chi connectivity index (χ2n) is 3.00. The summed E-state index contributed by atoms with van der Waals surface area (Å²) in [5, 5.41) is 0.